The molecule has 2 aromatic carbocycles. The van der Waals surface area contributed by atoms with E-state index in [0.717, 1.165) is 26.9 Å². The van der Waals surface area contributed by atoms with Crippen molar-refractivity contribution >= 4 is 34.4 Å². The standard InChI is InChI=1S/C26H24N6O3/c1-30(23-24(28)32(26(35)29-25(23)34)16-18-8-3-2-4-9-18)22(33)13-12-19-17-31(15-7-14-27)21-11-6-5-10-20(19)21/h2-6,8-13,17H,7,15-16,28H2,1H3,(H,29,34,35). The Bertz CT molecular complexity index is 1570. The Morgan fingerprint density at radius 1 is 1.14 bits per heavy atom. The molecule has 0 unspecified atom stereocenters. The number of aromatic nitrogens is 3. The molecule has 3 N–H and O–H groups in total. The molecule has 9 nitrogen and oxygen atoms in total. The number of anilines is 2. The number of amides is 1. The van der Waals surface area contributed by atoms with Gasteiger partial charge in [0.2, 0.25) is 0 Å². The number of nitriles is 1. The highest BCUT2D eigenvalue weighted by atomic mass is 16.2. The quantitative estimate of drug-likeness (QED) is 0.403. The molecule has 0 atom stereocenters. The van der Waals surface area contributed by atoms with E-state index in [1.165, 1.54) is 17.7 Å². The highest BCUT2D eigenvalue weighted by molar-refractivity contribution is 6.05. The first-order chi connectivity index (χ1) is 16.9. The van der Waals surface area contributed by atoms with Gasteiger partial charge in [-0.2, -0.15) is 5.26 Å². The lowest BCUT2D eigenvalue weighted by atomic mass is 10.1. The van der Waals surface area contributed by atoms with Crippen molar-refractivity contribution in [1.29, 1.82) is 5.26 Å². The lowest BCUT2D eigenvalue weighted by Crippen LogP contribution is -2.39. The number of aromatic amines is 1. The Labute approximate surface area is 201 Å². The number of fused-ring (bicyclic) bond motifs is 1. The lowest BCUT2D eigenvalue weighted by molar-refractivity contribution is -0.113. The largest absolute Gasteiger partial charge is 0.383 e. The fourth-order valence-electron chi connectivity index (χ4n) is 3.97. The van der Waals surface area contributed by atoms with E-state index in [9.17, 15) is 14.4 Å². The maximum Gasteiger partial charge on any atom is 0.330 e. The van der Waals surface area contributed by atoms with Crippen LogP contribution in [-0.4, -0.2) is 27.1 Å². The molecule has 35 heavy (non-hydrogen) atoms. The fourth-order valence-corrected chi connectivity index (χ4v) is 3.97. The average molecular weight is 469 g/mol. The van der Waals surface area contributed by atoms with Crippen LogP contribution in [0.3, 0.4) is 0 Å². The van der Waals surface area contributed by atoms with Gasteiger partial charge in [-0.15, -0.1) is 0 Å². The van der Waals surface area contributed by atoms with Gasteiger partial charge in [0.05, 0.1) is 19.0 Å². The van der Waals surface area contributed by atoms with Gasteiger partial charge in [-0.1, -0.05) is 48.5 Å². The Kier molecular flexibility index (Phi) is 6.64. The second kappa shape index (κ2) is 9.97. The van der Waals surface area contributed by atoms with E-state index in [1.807, 2.05) is 65.4 Å². The number of nitrogen functional groups attached to an aromatic ring is 1. The minimum atomic E-state index is -0.742. The van der Waals surface area contributed by atoms with E-state index >= 15 is 0 Å². The van der Waals surface area contributed by atoms with Crippen LogP contribution < -0.4 is 21.9 Å². The van der Waals surface area contributed by atoms with E-state index in [4.69, 9.17) is 11.0 Å². The molecule has 0 fully saturated rings. The van der Waals surface area contributed by atoms with Gasteiger partial charge in [-0.25, -0.2) is 4.79 Å². The Morgan fingerprint density at radius 2 is 1.86 bits per heavy atom. The summed E-state index contributed by atoms with van der Waals surface area (Å²) >= 11 is 0. The molecule has 2 aromatic heterocycles. The van der Waals surface area contributed by atoms with E-state index in [1.54, 1.807) is 6.08 Å². The highest BCUT2D eigenvalue weighted by Crippen LogP contribution is 2.23. The van der Waals surface area contributed by atoms with Crippen LogP contribution in [0.2, 0.25) is 0 Å². The molecule has 0 saturated carbocycles. The van der Waals surface area contributed by atoms with Gasteiger partial charge in [0, 0.05) is 42.3 Å². The summed E-state index contributed by atoms with van der Waals surface area (Å²) in [6.45, 7) is 0.683. The molecule has 0 spiro atoms. The van der Waals surface area contributed by atoms with Gasteiger partial charge in [-0.05, 0) is 17.7 Å². The molecule has 4 aromatic rings. The third-order valence-corrected chi connectivity index (χ3v) is 5.75. The molecule has 0 radical (unpaired) electrons. The van der Waals surface area contributed by atoms with Crippen LogP contribution in [0, 0.1) is 11.3 Å². The van der Waals surface area contributed by atoms with Crippen molar-refractivity contribution in [2.75, 3.05) is 17.7 Å². The topological polar surface area (TPSA) is 130 Å². The number of nitrogens with two attached hydrogens (primary N) is 1. The summed E-state index contributed by atoms with van der Waals surface area (Å²) in [7, 11) is 1.43. The van der Waals surface area contributed by atoms with Crippen LogP contribution in [0.1, 0.15) is 17.5 Å². The fraction of sp³-hybridized carbons (Fsp3) is 0.154. The van der Waals surface area contributed by atoms with Gasteiger partial charge in [-0.3, -0.25) is 19.1 Å². The maximum atomic E-state index is 13.0. The zero-order valence-electron chi connectivity index (χ0n) is 19.1. The molecule has 4 rings (SSSR count). The molecular weight excluding hydrogens is 444 g/mol. The monoisotopic (exact) mass is 468 g/mol. The number of benzene rings is 2. The van der Waals surface area contributed by atoms with Crippen molar-refractivity contribution in [3.8, 4) is 6.07 Å². The average Bonchev–Trinajstić information content (AvgIpc) is 3.22. The molecule has 2 heterocycles. The van der Waals surface area contributed by atoms with Crippen molar-refractivity contribution in [2.45, 2.75) is 19.5 Å². The number of hydrogen-bond acceptors (Lipinski definition) is 5. The van der Waals surface area contributed by atoms with Gasteiger partial charge in [0.25, 0.3) is 11.5 Å². The molecule has 0 aliphatic heterocycles. The molecule has 0 saturated heterocycles. The third kappa shape index (κ3) is 4.77. The first-order valence-corrected chi connectivity index (χ1v) is 11.0. The van der Waals surface area contributed by atoms with Crippen LogP contribution in [0.15, 0.2) is 76.5 Å². The third-order valence-electron chi connectivity index (χ3n) is 5.75. The molecule has 9 heteroatoms. The molecule has 1 amide bonds. The van der Waals surface area contributed by atoms with Gasteiger partial charge >= 0.3 is 5.69 Å². The zero-order valence-corrected chi connectivity index (χ0v) is 19.1. The van der Waals surface area contributed by atoms with Crippen molar-refractivity contribution in [2.24, 2.45) is 0 Å². The van der Waals surface area contributed by atoms with Crippen molar-refractivity contribution < 1.29 is 4.79 Å². The van der Waals surface area contributed by atoms with Crippen LogP contribution in [0.4, 0.5) is 11.5 Å². The number of nitrogens with zero attached hydrogens (tertiary/aromatic N) is 4. The van der Waals surface area contributed by atoms with Crippen LogP contribution in [0.25, 0.3) is 17.0 Å². The molecular formula is C26H24N6O3. The maximum absolute atomic E-state index is 13.0. The van der Waals surface area contributed by atoms with Crippen molar-refractivity contribution in [3.63, 3.8) is 0 Å². The zero-order chi connectivity index (χ0) is 24.9. The number of hydrogen-bond donors (Lipinski definition) is 2. The number of nitrogens with one attached hydrogen (secondary N) is 1. The predicted molar refractivity (Wildman–Crippen MR) is 136 cm³/mol. The number of rotatable bonds is 7. The number of carbonyl (C=O) groups excluding carboxylic acids is 1. The molecule has 176 valence electrons. The summed E-state index contributed by atoms with van der Waals surface area (Å²) in [6, 6.07) is 19.0. The Hall–Kier alpha value is -4.84. The summed E-state index contributed by atoms with van der Waals surface area (Å²) in [4.78, 5) is 41.3. The second-order valence-electron chi connectivity index (χ2n) is 8.00. The lowest BCUT2D eigenvalue weighted by Gasteiger charge is -2.19. The minimum absolute atomic E-state index is 0.0973. The number of aryl methyl sites for hydroxylation is 1. The first kappa shape index (κ1) is 23.3. The van der Waals surface area contributed by atoms with Gasteiger partial charge < -0.3 is 15.2 Å². The minimum Gasteiger partial charge on any atom is -0.383 e. The predicted octanol–water partition coefficient (Wildman–Crippen LogP) is 2.71. The Balaban J connectivity index is 1.64. The normalized spacial score (nSPS) is 11.1. The van der Waals surface area contributed by atoms with Crippen molar-refractivity contribution in [3.05, 3.63) is 98.8 Å². The molecule has 0 aliphatic carbocycles. The summed E-state index contributed by atoms with van der Waals surface area (Å²) in [6.07, 6.45) is 5.26. The van der Waals surface area contributed by atoms with Gasteiger partial charge in [0.1, 0.15) is 5.82 Å². The summed E-state index contributed by atoms with van der Waals surface area (Å²) in [5, 5.41) is 9.86. The molecule has 0 aliphatic rings. The smallest absolute Gasteiger partial charge is 0.330 e. The second-order valence-corrected chi connectivity index (χ2v) is 8.00. The van der Waals surface area contributed by atoms with Crippen LogP contribution >= 0.6 is 0 Å². The van der Waals surface area contributed by atoms with E-state index < -0.39 is 17.2 Å². The van der Waals surface area contributed by atoms with E-state index in [0.29, 0.717) is 13.0 Å². The van der Waals surface area contributed by atoms with E-state index in [2.05, 4.69) is 11.1 Å². The summed E-state index contributed by atoms with van der Waals surface area (Å²) in [5.41, 5.74) is 7.28. The summed E-state index contributed by atoms with van der Waals surface area (Å²) in [5.74, 6) is -0.582. The SMILES string of the molecule is CN(C(=O)C=Cc1cn(CCC#N)c2ccccc12)c1c(N)n(Cc2ccccc2)c(=O)[nH]c1=O. The van der Waals surface area contributed by atoms with Crippen molar-refractivity contribution in [1.82, 2.24) is 14.1 Å². The number of H-pyrrole nitrogens is 1. The summed E-state index contributed by atoms with van der Waals surface area (Å²) < 4.78 is 3.19. The number of para-hydroxylation sites is 1. The number of carbonyl (C=O) groups is 1. The van der Waals surface area contributed by atoms with Crippen LogP contribution in [0.5, 0.6) is 0 Å². The Morgan fingerprint density at radius 3 is 2.60 bits per heavy atom. The number of likely N-dealkylation sites (N-methyl/N-ethyl adjacent to an activating group) is 1. The highest BCUT2D eigenvalue weighted by Gasteiger charge is 2.20. The molecule has 0 bridgehead atoms. The first-order valence-electron chi connectivity index (χ1n) is 11.0. The van der Waals surface area contributed by atoms with E-state index in [-0.39, 0.29) is 18.1 Å². The van der Waals surface area contributed by atoms with Gasteiger partial charge in [0.15, 0.2) is 5.69 Å². The van der Waals surface area contributed by atoms with Crippen LogP contribution in [-0.2, 0) is 17.9 Å².